The van der Waals surface area contributed by atoms with Gasteiger partial charge in [0.15, 0.2) is 0 Å². The second-order valence-corrected chi connectivity index (χ2v) is 10.8. The number of hydrogen-bond donors (Lipinski definition) is 3. The van der Waals surface area contributed by atoms with E-state index in [-0.39, 0.29) is 16.2 Å². The van der Waals surface area contributed by atoms with E-state index in [1.807, 2.05) is 25.1 Å². The molecule has 0 atom stereocenters. The van der Waals surface area contributed by atoms with E-state index in [9.17, 15) is 13.2 Å². The second-order valence-electron chi connectivity index (χ2n) is 9.10. The van der Waals surface area contributed by atoms with Gasteiger partial charge in [0.05, 0.1) is 10.5 Å². The normalized spacial score (nSPS) is 14.8. The Bertz CT molecular complexity index is 1040. The number of benzene rings is 2. The van der Waals surface area contributed by atoms with Crippen molar-refractivity contribution in [2.75, 3.05) is 42.3 Å². The first-order chi connectivity index (χ1) is 15.1. The molecule has 0 unspecified atom stereocenters. The number of anilines is 2. The van der Waals surface area contributed by atoms with Crippen molar-refractivity contribution in [2.45, 2.75) is 44.4 Å². The molecule has 1 aliphatic rings. The molecule has 1 saturated heterocycles. The van der Waals surface area contributed by atoms with Crippen molar-refractivity contribution in [2.24, 2.45) is 0 Å². The number of nitrogens with zero attached hydrogens (tertiary/aromatic N) is 1. The van der Waals surface area contributed by atoms with Crippen molar-refractivity contribution in [3.63, 3.8) is 0 Å². The van der Waals surface area contributed by atoms with E-state index in [4.69, 9.17) is 0 Å². The molecule has 7 nitrogen and oxygen atoms in total. The molecule has 0 radical (unpaired) electrons. The summed E-state index contributed by atoms with van der Waals surface area (Å²) < 4.78 is 28.6. The second kappa shape index (κ2) is 9.92. The Morgan fingerprint density at radius 3 is 2.31 bits per heavy atom. The van der Waals surface area contributed by atoms with Gasteiger partial charge in [-0.3, -0.25) is 9.52 Å². The highest BCUT2D eigenvalue weighted by Gasteiger charge is 2.22. The third-order valence-electron chi connectivity index (χ3n) is 5.52. The Kier molecular flexibility index (Phi) is 7.46. The molecular weight excluding hydrogens is 424 g/mol. The molecule has 2 aromatic rings. The van der Waals surface area contributed by atoms with Crippen LogP contribution in [0.3, 0.4) is 0 Å². The maximum Gasteiger partial charge on any atom is 0.261 e. The molecule has 3 N–H and O–H groups in total. The summed E-state index contributed by atoms with van der Waals surface area (Å²) in [5.74, 6) is -0.198. The quantitative estimate of drug-likeness (QED) is 0.592. The van der Waals surface area contributed by atoms with E-state index < -0.39 is 10.0 Å². The Morgan fingerprint density at radius 1 is 1.06 bits per heavy atom. The molecular formula is C24H34N4O3S. The largest absolute Gasteiger partial charge is 0.368 e. The highest BCUT2D eigenvalue weighted by molar-refractivity contribution is 7.92. The van der Waals surface area contributed by atoms with Crippen LogP contribution in [0.15, 0.2) is 47.4 Å². The van der Waals surface area contributed by atoms with Crippen molar-refractivity contribution >= 4 is 27.3 Å². The zero-order valence-electron chi connectivity index (χ0n) is 19.4. The fourth-order valence-corrected chi connectivity index (χ4v) is 4.69. The van der Waals surface area contributed by atoms with E-state index in [1.54, 1.807) is 24.3 Å². The van der Waals surface area contributed by atoms with Gasteiger partial charge in [0.1, 0.15) is 0 Å². The summed E-state index contributed by atoms with van der Waals surface area (Å²) in [4.78, 5) is 15.2. The predicted molar refractivity (Wildman–Crippen MR) is 130 cm³/mol. The lowest BCUT2D eigenvalue weighted by Crippen LogP contribution is -2.44. The number of nitrogens with one attached hydrogen (secondary N) is 3. The van der Waals surface area contributed by atoms with Crippen molar-refractivity contribution < 1.29 is 13.2 Å². The van der Waals surface area contributed by atoms with E-state index in [0.717, 1.165) is 43.9 Å². The number of hydrogen-bond acceptors (Lipinski definition) is 5. The summed E-state index contributed by atoms with van der Waals surface area (Å²) in [6.45, 7) is 12.1. The lowest BCUT2D eigenvalue weighted by Gasteiger charge is -2.31. The van der Waals surface area contributed by atoms with Crippen LogP contribution in [0.5, 0.6) is 0 Å². The number of carbonyl (C=O) groups is 1. The van der Waals surface area contributed by atoms with Gasteiger partial charge in [-0.25, -0.2) is 8.42 Å². The Balaban J connectivity index is 1.89. The number of sulfonamides is 1. The Morgan fingerprint density at radius 2 is 1.72 bits per heavy atom. The van der Waals surface area contributed by atoms with Crippen LogP contribution in [-0.4, -0.2) is 47.0 Å². The molecule has 1 amide bonds. The summed E-state index contributed by atoms with van der Waals surface area (Å²) in [6, 6.07) is 12.1. The molecule has 0 saturated carbocycles. The van der Waals surface area contributed by atoms with E-state index in [2.05, 4.69) is 41.0 Å². The van der Waals surface area contributed by atoms with Crippen LogP contribution >= 0.6 is 0 Å². The molecule has 0 bridgehead atoms. The van der Waals surface area contributed by atoms with Crippen LogP contribution in [0.1, 0.15) is 50.0 Å². The molecule has 2 aromatic carbocycles. The van der Waals surface area contributed by atoms with Gasteiger partial charge < -0.3 is 15.5 Å². The summed E-state index contributed by atoms with van der Waals surface area (Å²) in [5, 5.41) is 6.22. The molecule has 1 fully saturated rings. The first-order valence-corrected chi connectivity index (χ1v) is 12.6. The van der Waals surface area contributed by atoms with Gasteiger partial charge in [-0.05, 0) is 47.7 Å². The van der Waals surface area contributed by atoms with Gasteiger partial charge in [-0.2, -0.15) is 0 Å². The van der Waals surface area contributed by atoms with Gasteiger partial charge in [0.2, 0.25) is 0 Å². The summed E-state index contributed by atoms with van der Waals surface area (Å²) >= 11 is 0. The lowest BCUT2D eigenvalue weighted by atomic mass is 9.87. The zero-order valence-corrected chi connectivity index (χ0v) is 20.2. The highest BCUT2D eigenvalue weighted by atomic mass is 32.2. The van der Waals surface area contributed by atoms with E-state index >= 15 is 0 Å². The molecule has 3 rings (SSSR count). The minimum Gasteiger partial charge on any atom is -0.368 e. The molecule has 1 aliphatic heterocycles. The zero-order chi connectivity index (χ0) is 23.4. The number of amides is 1. The van der Waals surface area contributed by atoms with Crippen molar-refractivity contribution in [1.82, 2.24) is 10.6 Å². The number of rotatable bonds is 7. The maximum atomic E-state index is 13.0. The average Bonchev–Trinajstić information content (AvgIpc) is 2.77. The van der Waals surface area contributed by atoms with Crippen molar-refractivity contribution in [3.05, 3.63) is 53.6 Å². The highest BCUT2D eigenvalue weighted by Crippen LogP contribution is 2.28. The van der Waals surface area contributed by atoms with Gasteiger partial charge >= 0.3 is 0 Å². The SMILES string of the molecule is CCCNC(=O)c1cc(NS(=O)(=O)c2ccc(C(C)(C)C)cc2)ccc1N1CCNCC1. The maximum absolute atomic E-state index is 13.0. The van der Waals surface area contributed by atoms with E-state index in [0.29, 0.717) is 17.8 Å². The number of piperazine rings is 1. The van der Waals surface area contributed by atoms with Gasteiger partial charge in [-0.1, -0.05) is 39.8 Å². The van der Waals surface area contributed by atoms with Gasteiger partial charge in [-0.15, -0.1) is 0 Å². The van der Waals surface area contributed by atoms with Crippen LogP contribution in [0.2, 0.25) is 0 Å². The molecule has 32 heavy (non-hydrogen) atoms. The Hall–Kier alpha value is -2.58. The van der Waals surface area contributed by atoms with Crippen LogP contribution in [-0.2, 0) is 15.4 Å². The molecule has 1 heterocycles. The van der Waals surface area contributed by atoms with Crippen molar-refractivity contribution in [3.8, 4) is 0 Å². The summed E-state index contributed by atoms with van der Waals surface area (Å²) in [7, 11) is -3.78. The topological polar surface area (TPSA) is 90.5 Å². The van der Waals surface area contributed by atoms with Crippen LogP contribution < -0.4 is 20.3 Å². The first kappa shape index (κ1) is 24.1. The predicted octanol–water partition coefficient (Wildman–Crippen LogP) is 3.33. The third kappa shape index (κ3) is 5.81. The molecule has 0 spiro atoms. The minimum absolute atomic E-state index is 0.0593. The fourth-order valence-electron chi connectivity index (χ4n) is 3.64. The number of carbonyl (C=O) groups excluding carboxylic acids is 1. The summed E-state index contributed by atoms with van der Waals surface area (Å²) in [5.41, 5.74) is 2.66. The van der Waals surface area contributed by atoms with E-state index in [1.165, 1.54) is 0 Å². The molecule has 174 valence electrons. The standard InChI is InChI=1S/C24H34N4O3S/c1-5-12-26-23(29)21-17-19(8-11-22(21)28-15-13-25-14-16-28)27-32(30,31)20-9-6-18(7-10-20)24(2,3)4/h6-11,17,25,27H,5,12-16H2,1-4H3,(H,26,29). The summed E-state index contributed by atoms with van der Waals surface area (Å²) in [6.07, 6.45) is 0.825. The van der Waals surface area contributed by atoms with Crippen LogP contribution in [0.4, 0.5) is 11.4 Å². The fraction of sp³-hybridized carbons (Fsp3) is 0.458. The minimum atomic E-state index is -3.78. The average molecular weight is 459 g/mol. The Labute approximate surface area is 191 Å². The third-order valence-corrected chi connectivity index (χ3v) is 6.91. The van der Waals surface area contributed by atoms with Crippen LogP contribution in [0, 0.1) is 0 Å². The molecule has 0 aliphatic carbocycles. The van der Waals surface area contributed by atoms with Gasteiger partial charge in [0.25, 0.3) is 15.9 Å². The van der Waals surface area contributed by atoms with Gasteiger partial charge in [0, 0.05) is 44.1 Å². The van der Waals surface area contributed by atoms with Crippen LogP contribution in [0.25, 0.3) is 0 Å². The van der Waals surface area contributed by atoms with Crippen molar-refractivity contribution in [1.29, 1.82) is 0 Å². The monoisotopic (exact) mass is 458 g/mol. The first-order valence-electron chi connectivity index (χ1n) is 11.1. The lowest BCUT2D eigenvalue weighted by molar-refractivity contribution is 0.0954. The molecule has 8 heteroatoms. The molecule has 0 aromatic heterocycles. The smallest absolute Gasteiger partial charge is 0.261 e.